The molecule has 0 aliphatic carbocycles. The number of benzene rings is 1. The molecule has 1 aromatic carbocycles. The van der Waals surface area contributed by atoms with Crippen LogP contribution in [0.5, 0.6) is 0 Å². The second-order valence-electron chi connectivity index (χ2n) is 4.38. The highest BCUT2D eigenvalue weighted by molar-refractivity contribution is 5.95. The first kappa shape index (κ1) is 15.7. The monoisotopic (exact) mass is 276 g/mol. The van der Waals surface area contributed by atoms with Gasteiger partial charge in [-0.1, -0.05) is 29.8 Å². The molecule has 0 fully saturated rings. The zero-order chi connectivity index (χ0) is 14.0. The van der Waals surface area contributed by atoms with Crippen LogP contribution < -0.4 is 16.6 Å². The van der Waals surface area contributed by atoms with Crippen molar-refractivity contribution in [2.75, 3.05) is 11.9 Å². The van der Waals surface area contributed by atoms with Gasteiger partial charge in [0.25, 0.3) is 0 Å². The number of anilines is 1. The van der Waals surface area contributed by atoms with Crippen molar-refractivity contribution in [3.63, 3.8) is 0 Å². The first-order valence-corrected chi connectivity index (χ1v) is 6.13. The predicted molar refractivity (Wildman–Crippen MR) is 77.9 cm³/mol. The number of carboxylic acid groups (broad SMARTS) is 1. The molecule has 0 bridgehead atoms. The fraction of sp³-hybridized carbons (Fsp3) is 0.286. The summed E-state index contributed by atoms with van der Waals surface area (Å²) in [6.45, 7) is 4.52. The van der Waals surface area contributed by atoms with Crippen LogP contribution in [-0.2, 0) is 7.05 Å². The fourth-order valence-electron chi connectivity index (χ4n) is 2.02. The van der Waals surface area contributed by atoms with Crippen LogP contribution in [0.4, 0.5) is 5.69 Å². The van der Waals surface area contributed by atoms with E-state index in [0.717, 1.165) is 11.1 Å². The van der Waals surface area contributed by atoms with Gasteiger partial charge in [-0.25, -0.2) is 0 Å². The van der Waals surface area contributed by atoms with Gasteiger partial charge in [-0.3, -0.25) is 4.68 Å². The minimum atomic E-state index is -1.23. The highest BCUT2D eigenvalue weighted by Gasteiger charge is 2.17. The van der Waals surface area contributed by atoms with Crippen molar-refractivity contribution >= 4 is 11.7 Å². The maximum absolute atomic E-state index is 11.2. The lowest BCUT2D eigenvalue weighted by Crippen LogP contribution is -2.26. The minimum absolute atomic E-state index is 0. The summed E-state index contributed by atoms with van der Waals surface area (Å²) in [5, 5.41) is 18.5. The van der Waals surface area contributed by atoms with Crippen LogP contribution in [0.3, 0.4) is 0 Å². The number of quaternary nitrogens is 1. The first-order valence-electron chi connectivity index (χ1n) is 6.13. The second kappa shape index (κ2) is 6.21. The van der Waals surface area contributed by atoms with Crippen molar-refractivity contribution in [1.29, 1.82) is 0 Å². The number of hydrogen-bond donors (Lipinski definition) is 2. The van der Waals surface area contributed by atoms with Gasteiger partial charge in [-0.05, 0) is 13.8 Å². The number of carbonyl (C=O) groups is 1. The van der Waals surface area contributed by atoms with Crippen LogP contribution in [0.1, 0.15) is 23.0 Å². The topological polar surface area (TPSA) is 106 Å². The number of hydrogen-bond acceptors (Lipinski definition) is 4. The molecule has 0 unspecified atom stereocenters. The van der Waals surface area contributed by atoms with Gasteiger partial charge in [0.05, 0.1) is 11.7 Å². The van der Waals surface area contributed by atoms with E-state index < -0.39 is 5.97 Å². The Morgan fingerprint density at radius 3 is 2.45 bits per heavy atom. The van der Waals surface area contributed by atoms with Crippen LogP contribution in [0.2, 0.25) is 0 Å². The molecule has 0 saturated carbocycles. The lowest BCUT2D eigenvalue weighted by atomic mass is 10.1. The van der Waals surface area contributed by atoms with Gasteiger partial charge >= 0.3 is 0 Å². The molecule has 0 radical (unpaired) electrons. The molecule has 0 spiro atoms. The number of carbonyl (C=O) groups excluding carboxylic acids is 1. The Labute approximate surface area is 118 Å². The summed E-state index contributed by atoms with van der Waals surface area (Å²) in [7, 11) is 1.60. The van der Waals surface area contributed by atoms with Crippen molar-refractivity contribution in [3.05, 3.63) is 35.5 Å². The summed E-state index contributed by atoms with van der Waals surface area (Å²) in [6.07, 6.45) is 0. The van der Waals surface area contributed by atoms with Gasteiger partial charge in [0.1, 0.15) is 11.4 Å². The Bertz CT molecular complexity index is 602. The van der Waals surface area contributed by atoms with Crippen molar-refractivity contribution in [2.24, 2.45) is 7.05 Å². The third-order valence-electron chi connectivity index (χ3n) is 2.92. The zero-order valence-corrected chi connectivity index (χ0v) is 12.2. The molecular formula is C14H20N4O2. The molecule has 20 heavy (non-hydrogen) atoms. The Hall–Kier alpha value is -2.34. The maximum Gasteiger partial charge on any atom is 0.116 e. The van der Waals surface area contributed by atoms with Crippen LogP contribution in [0, 0.1) is 6.92 Å². The molecule has 108 valence electrons. The van der Waals surface area contributed by atoms with Gasteiger partial charge in [0.15, 0.2) is 0 Å². The minimum Gasteiger partial charge on any atom is -0.543 e. The lowest BCUT2D eigenvalue weighted by Gasteiger charge is -2.09. The van der Waals surface area contributed by atoms with E-state index in [9.17, 15) is 9.90 Å². The summed E-state index contributed by atoms with van der Waals surface area (Å²) in [4.78, 5) is 11.2. The molecule has 6 heteroatoms. The Balaban J connectivity index is 0.00000200. The molecule has 0 atom stereocenters. The van der Waals surface area contributed by atoms with E-state index in [1.54, 1.807) is 7.05 Å². The Morgan fingerprint density at radius 1 is 1.35 bits per heavy atom. The Kier molecular flexibility index (Phi) is 4.88. The molecule has 2 rings (SSSR count). The summed E-state index contributed by atoms with van der Waals surface area (Å²) in [6, 6.07) is 7.80. The summed E-state index contributed by atoms with van der Waals surface area (Å²) >= 11 is 0. The van der Waals surface area contributed by atoms with Gasteiger partial charge in [-0.2, -0.15) is 5.10 Å². The van der Waals surface area contributed by atoms with E-state index in [1.165, 1.54) is 4.68 Å². The molecule has 2 aromatic rings. The maximum atomic E-state index is 11.2. The standard InChI is InChI=1S/C14H17N3O2.H3N/c1-4-15-12-11(10-7-5-9(2)6-8-10)16-17(3)13(12)14(18)19;/h5-8,15H,4H2,1-3H3,(H,18,19);1H3. The molecule has 6 nitrogen and oxygen atoms in total. The summed E-state index contributed by atoms with van der Waals surface area (Å²) in [5.74, 6) is -1.23. The number of aryl methyl sites for hydroxylation is 2. The normalized spacial score (nSPS) is 9.95. The molecule has 1 aromatic heterocycles. The number of nitrogens with zero attached hydrogens (tertiary/aromatic N) is 2. The molecule has 1 heterocycles. The number of aromatic carboxylic acids is 1. The van der Waals surface area contributed by atoms with Gasteiger partial charge in [-0.15, -0.1) is 0 Å². The van der Waals surface area contributed by atoms with Crippen molar-refractivity contribution in [2.45, 2.75) is 13.8 Å². The van der Waals surface area contributed by atoms with Crippen molar-refractivity contribution < 1.29 is 9.90 Å². The number of carboxylic acids is 1. The molecule has 0 amide bonds. The second-order valence-corrected chi connectivity index (χ2v) is 4.38. The summed E-state index contributed by atoms with van der Waals surface area (Å²) in [5.41, 5.74) is 3.23. The molecule has 0 saturated heterocycles. The van der Waals surface area contributed by atoms with E-state index in [0.29, 0.717) is 17.9 Å². The van der Waals surface area contributed by atoms with Gasteiger partial charge in [0, 0.05) is 19.2 Å². The van der Waals surface area contributed by atoms with E-state index in [4.69, 9.17) is 0 Å². The predicted octanol–water partition coefficient (Wildman–Crippen LogP) is 1.57. The molecule has 5 N–H and O–H groups in total. The lowest BCUT2D eigenvalue weighted by molar-refractivity contribution is -0.255. The number of aromatic nitrogens is 2. The smallest absolute Gasteiger partial charge is 0.116 e. The van der Waals surface area contributed by atoms with E-state index in [1.807, 2.05) is 38.1 Å². The quantitative estimate of drug-likeness (QED) is 0.883. The summed E-state index contributed by atoms with van der Waals surface area (Å²) < 4.78 is 1.34. The third-order valence-corrected chi connectivity index (χ3v) is 2.92. The third kappa shape index (κ3) is 2.80. The highest BCUT2D eigenvalue weighted by atomic mass is 16.4. The number of nitrogens with one attached hydrogen (secondary N) is 1. The first-order chi connectivity index (χ1) is 9.04. The van der Waals surface area contributed by atoms with Crippen LogP contribution >= 0.6 is 0 Å². The molecule has 0 aliphatic rings. The average molecular weight is 276 g/mol. The molecule has 0 aliphatic heterocycles. The largest absolute Gasteiger partial charge is 0.543 e. The van der Waals surface area contributed by atoms with Crippen molar-refractivity contribution in [1.82, 2.24) is 15.9 Å². The fourth-order valence-corrected chi connectivity index (χ4v) is 2.02. The zero-order valence-electron chi connectivity index (χ0n) is 12.2. The van der Waals surface area contributed by atoms with Crippen LogP contribution in [-0.4, -0.2) is 22.3 Å². The van der Waals surface area contributed by atoms with Crippen LogP contribution in [0.25, 0.3) is 11.3 Å². The number of rotatable bonds is 4. The highest BCUT2D eigenvalue weighted by Crippen LogP contribution is 2.29. The van der Waals surface area contributed by atoms with Crippen LogP contribution in [0.15, 0.2) is 24.3 Å². The van der Waals surface area contributed by atoms with E-state index >= 15 is 0 Å². The molecular weight excluding hydrogens is 256 g/mol. The SMILES string of the molecule is CCNc1c(-c2ccc(C)cc2)nn(C)c1C(=O)[O-].[NH4+]. The van der Waals surface area contributed by atoms with E-state index in [2.05, 4.69) is 10.4 Å². The Morgan fingerprint density at radius 2 is 1.95 bits per heavy atom. The van der Waals surface area contributed by atoms with Gasteiger partial charge in [0.2, 0.25) is 0 Å². The van der Waals surface area contributed by atoms with Gasteiger partial charge < -0.3 is 21.4 Å². The van der Waals surface area contributed by atoms with E-state index in [-0.39, 0.29) is 11.8 Å². The van der Waals surface area contributed by atoms with Crippen molar-refractivity contribution in [3.8, 4) is 11.3 Å². The average Bonchev–Trinajstić information content (AvgIpc) is 2.68.